The van der Waals surface area contributed by atoms with Crippen molar-refractivity contribution in [2.75, 3.05) is 27.2 Å². The predicted octanol–water partition coefficient (Wildman–Crippen LogP) is 1.60. The number of carbonyl (C=O) groups excluding carboxylic acids is 2. The van der Waals surface area contributed by atoms with Gasteiger partial charge in [-0.1, -0.05) is 12.1 Å². The highest BCUT2D eigenvalue weighted by molar-refractivity contribution is 5.91. The number of nitrogens with zero attached hydrogens (tertiary/aromatic N) is 4. The number of hydrogen-bond acceptors (Lipinski definition) is 8. The molecule has 28 heavy (non-hydrogen) atoms. The Bertz CT molecular complexity index is 703. The van der Waals surface area contributed by atoms with E-state index in [1.165, 1.54) is 10.1 Å². The van der Waals surface area contributed by atoms with Gasteiger partial charge in [0.05, 0.1) is 0 Å². The summed E-state index contributed by atoms with van der Waals surface area (Å²) >= 11 is 0. The lowest BCUT2D eigenvalue weighted by Gasteiger charge is -2.15. The molecule has 0 aliphatic heterocycles. The van der Waals surface area contributed by atoms with Gasteiger partial charge >= 0.3 is 11.9 Å². The quantitative estimate of drug-likeness (QED) is 0.451. The molecule has 0 aliphatic rings. The maximum atomic E-state index is 11.8. The molecule has 2 aromatic heterocycles. The predicted molar refractivity (Wildman–Crippen MR) is 102 cm³/mol. The summed E-state index contributed by atoms with van der Waals surface area (Å²) in [7, 11) is 3.27. The van der Waals surface area contributed by atoms with Gasteiger partial charge in [-0.15, -0.1) is 10.1 Å². The first-order valence-corrected chi connectivity index (χ1v) is 8.87. The Kier molecular flexibility index (Phi) is 8.77. The van der Waals surface area contributed by atoms with Gasteiger partial charge < -0.3 is 9.68 Å². The molecule has 0 saturated heterocycles. The maximum absolute atomic E-state index is 11.8. The molecule has 0 amide bonds. The number of carbonyl (C=O) groups is 2. The summed E-state index contributed by atoms with van der Waals surface area (Å²) in [5.74, 6) is -1.31. The Morgan fingerprint density at radius 1 is 0.821 bits per heavy atom. The van der Waals surface area contributed by atoms with E-state index in [0.29, 0.717) is 25.9 Å². The summed E-state index contributed by atoms with van der Waals surface area (Å²) in [4.78, 5) is 42.1. The Hall–Kier alpha value is -3.10. The summed E-state index contributed by atoms with van der Waals surface area (Å²) in [6.07, 6.45) is 6.76. The van der Waals surface area contributed by atoms with E-state index in [2.05, 4.69) is 9.97 Å². The smallest absolute Gasteiger partial charge is 0.349 e. The second kappa shape index (κ2) is 11.6. The first-order valence-electron chi connectivity index (χ1n) is 8.87. The number of likely N-dealkylation sites (N-methyl/N-ethyl adjacent to an activating group) is 2. The van der Waals surface area contributed by atoms with Crippen molar-refractivity contribution in [2.45, 2.75) is 12.8 Å². The van der Waals surface area contributed by atoms with Gasteiger partial charge in [-0.3, -0.25) is 9.97 Å². The number of rotatable bonds is 10. The lowest BCUT2D eigenvalue weighted by atomic mass is 10.3. The van der Waals surface area contributed by atoms with Crippen molar-refractivity contribution >= 4 is 11.9 Å². The lowest BCUT2D eigenvalue weighted by Crippen LogP contribution is -2.26. The van der Waals surface area contributed by atoms with E-state index in [0.717, 1.165) is 23.5 Å². The van der Waals surface area contributed by atoms with Gasteiger partial charge in [0.25, 0.3) is 0 Å². The van der Waals surface area contributed by atoms with E-state index in [-0.39, 0.29) is 0 Å². The van der Waals surface area contributed by atoms with E-state index in [4.69, 9.17) is 9.68 Å². The Morgan fingerprint density at radius 3 is 1.61 bits per heavy atom. The van der Waals surface area contributed by atoms with Gasteiger partial charge in [0.1, 0.15) is 0 Å². The van der Waals surface area contributed by atoms with Crippen LogP contribution in [0, 0.1) is 0 Å². The molecule has 8 heteroatoms. The van der Waals surface area contributed by atoms with Crippen LogP contribution in [0.3, 0.4) is 0 Å². The molecule has 2 heterocycles. The third-order valence-electron chi connectivity index (χ3n) is 3.67. The van der Waals surface area contributed by atoms with Crippen LogP contribution >= 0.6 is 0 Å². The van der Waals surface area contributed by atoms with Gasteiger partial charge in [0, 0.05) is 76.0 Å². The van der Waals surface area contributed by atoms with Crippen LogP contribution in [0.5, 0.6) is 0 Å². The molecule has 0 saturated carbocycles. The SMILES string of the molecule is CN(CCc1ccccn1)OC(=O)/C=C/C(=O)ON(C)CCc1ccccn1. The fourth-order valence-electron chi connectivity index (χ4n) is 2.23. The first kappa shape index (κ1) is 21.2. The summed E-state index contributed by atoms with van der Waals surface area (Å²) in [6.45, 7) is 0.967. The standard InChI is InChI=1S/C20H24N4O4/c1-23(15-11-17-7-3-5-13-21-17)27-19(25)9-10-20(26)28-24(2)16-12-18-8-4-6-14-22-18/h3-10,13-14H,11-12,15-16H2,1-2H3/b10-9+. The normalized spacial score (nSPS) is 11.1. The third kappa shape index (κ3) is 8.52. The zero-order valence-electron chi connectivity index (χ0n) is 16.0. The molecule has 0 aliphatic carbocycles. The summed E-state index contributed by atoms with van der Waals surface area (Å²) in [5, 5.41) is 2.79. The van der Waals surface area contributed by atoms with Gasteiger partial charge in [0.2, 0.25) is 0 Å². The molecule has 0 radical (unpaired) electrons. The Balaban J connectivity index is 1.65. The minimum absolute atomic E-state index is 0.483. The number of hydroxylamine groups is 4. The number of aromatic nitrogens is 2. The topological polar surface area (TPSA) is 84.9 Å². The van der Waals surface area contributed by atoms with E-state index >= 15 is 0 Å². The molecule has 8 nitrogen and oxygen atoms in total. The van der Waals surface area contributed by atoms with Crippen LogP contribution in [0.2, 0.25) is 0 Å². The monoisotopic (exact) mass is 384 g/mol. The third-order valence-corrected chi connectivity index (χ3v) is 3.67. The van der Waals surface area contributed by atoms with Crippen molar-refractivity contribution in [1.29, 1.82) is 0 Å². The Labute approximate surface area is 164 Å². The zero-order chi connectivity index (χ0) is 20.2. The van der Waals surface area contributed by atoms with Gasteiger partial charge in [-0.05, 0) is 24.3 Å². The fourth-order valence-corrected chi connectivity index (χ4v) is 2.23. The maximum Gasteiger partial charge on any atom is 0.349 e. The minimum Gasteiger partial charge on any atom is -0.365 e. The molecule has 0 unspecified atom stereocenters. The first-order chi connectivity index (χ1) is 13.5. The molecular weight excluding hydrogens is 360 g/mol. The second-order valence-corrected chi connectivity index (χ2v) is 6.00. The molecule has 0 N–H and O–H groups in total. The molecule has 148 valence electrons. The highest BCUT2D eigenvalue weighted by atomic mass is 16.7. The van der Waals surface area contributed by atoms with Gasteiger partial charge in [0.15, 0.2) is 0 Å². The van der Waals surface area contributed by atoms with Crippen LogP contribution in [0.15, 0.2) is 60.9 Å². The largest absolute Gasteiger partial charge is 0.365 e. The fraction of sp³-hybridized carbons (Fsp3) is 0.300. The van der Waals surface area contributed by atoms with Crippen molar-refractivity contribution in [3.63, 3.8) is 0 Å². The van der Waals surface area contributed by atoms with Crippen LogP contribution in [0.4, 0.5) is 0 Å². The van der Waals surface area contributed by atoms with Crippen molar-refractivity contribution in [3.8, 4) is 0 Å². The van der Waals surface area contributed by atoms with E-state index < -0.39 is 11.9 Å². The molecule has 0 atom stereocenters. The number of pyridine rings is 2. The van der Waals surface area contributed by atoms with Crippen LogP contribution in [-0.2, 0) is 32.1 Å². The van der Waals surface area contributed by atoms with E-state index in [9.17, 15) is 9.59 Å². The Morgan fingerprint density at radius 2 is 1.25 bits per heavy atom. The number of hydrogen-bond donors (Lipinski definition) is 0. The van der Waals surface area contributed by atoms with Crippen molar-refractivity contribution < 1.29 is 19.3 Å². The van der Waals surface area contributed by atoms with Gasteiger partial charge in [-0.25, -0.2) is 9.59 Å². The molecule has 2 rings (SSSR count). The van der Waals surface area contributed by atoms with E-state index in [1.807, 2.05) is 36.4 Å². The van der Waals surface area contributed by atoms with Crippen LogP contribution in [0.25, 0.3) is 0 Å². The lowest BCUT2D eigenvalue weighted by molar-refractivity contribution is -0.180. The molecule has 0 spiro atoms. The van der Waals surface area contributed by atoms with E-state index in [1.54, 1.807) is 26.5 Å². The van der Waals surface area contributed by atoms with Crippen molar-refractivity contribution in [2.24, 2.45) is 0 Å². The molecule has 2 aromatic rings. The summed E-state index contributed by atoms with van der Waals surface area (Å²) in [5.41, 5.74) is 1.80. The second-order valence-electron chi connectivity index (χ2n) is 6.00. The summed E-state index contributed by atoms with van der Waals surface area (Å²) in [6, 6.07) is 11.3. The molecule has 0 bridgehead atoms. The van der Waals surface area contributed by atoms with Crippen molar-refractivity contribution in [1.82, 2.24) is 20.1 Å². The molecule has 0 fully saturated rings. The van der Waals surface area contributed by atoms with Gasteiger partial charge in [-0.2, -0.15) is 0 Å². The molecular formula is C20H24N4O4. The van der Waals surface area contributed by atoms with Crippen LogP contribution < -0.4 is 0 Å². The average Bonchev–Trinajstić information content (AvgIpc) is 2.71. The highest BCUT2D eigenvalue weighted by Crippen LogP contribution is 1.99. The van der Waals surface area contributed by atoms with Crippen LogP contribution in [0.1, 0.15) is 11.4 Å². The minimum atomic E-state index is -0.656. The van der Waals surface area contributed by atoms with Crippen molar-refractivity contribution in [3.05, 3.63) is 72.3 Å². The average molecular weight is 384 g/mol. The molecule has 0 aromatic carbocycles. The summed E-state index contributed by atoms with van der Waals surface area (Å²) < 4.78 is 0. The van der Waals surface area contributed by atoms with Crippen LogP contribution in [-0.4, -0.2) is 59.2 Å². The zero-order valence-corrected chi connectivity index (χ0v) is 16.0. The highest BCUT2D eigenvalue weighted by Gasteiger charge is 2.08.